The number of rotatable bonds is 4. The quantitative estimate of drug-likeness (QED) is 0.308. The van der Waals surface area contributed by atoms with Gasteiger partial charge in [-0.2, -0.15) is 0 Å². The molecule has 0 aliphatic heterocycles. The topological polar surface area (TPSA) is 175 Å². The van der Waals surface area contributed by atoms with Gasteiger partial charge in [-0.3, -0.25) is 0 Å². The van der Waals surface area contributed by atoms with Crippen molar-refractivity contribution in [2.75, 3.05) is 0 Å². The van der Waals surface area contributed by atoms with E-state index in [1.165, 1.54) is 6.92 Å². The van der Waals surface area contributed by atoms with Crippen LogP contribution in [0, 0.1) is 0 Å². The van der Waals surface area contributed by atoms with Gasteiger partial charge in [0.1, 0.15) is 12.2 Å². The molecule has 0 fully saturated rings. The first-order valence-electron chi connectivity index (χ1n) is 3.82. The van der Waals surface area contributed by atoms with Crippen molar-refractivity contribution in [2.24, 2.45) is 0 Å². The molecule has 0 heterocycles. The van der Waals surface area contributed by atoms with E-state index < -0.39 is 36.2 Å². The maximum Gasteiger partial charge on any atom is 1.00 e. The van der Waals surface area contributed by atoms with E-state index in [1.807, 2.05) is 0 Å². The fourth-order valence-electron chi connectivity index (χ4n) is 0.264. The Labute approximate surface area is 118 Å². The second-order valence-electron chi connectivity index (χ2n) is 2.56. The summed E-state index contributed by atoms with van der Waals surface area (Å²) in [6.07, 6.45) is -5.94. The fraction of sp³-hybridized carbons (Fsp3) is 0.571. The zero-order chi connectivity index (χ0) is 13.5. The molecule has 0 saturated carbocycles. The molecular formula is C7H11NaO9. The van der Waals surface area contributed by atoms with Crippen LogP contribution in [0.25, 0.3) is 0 Å². The van der Waals surface area contributed by atoms with Gasteiger partial charge in [0.25, 0.3) is 0 Å². The van der Waals surface area contributed by atoms with Crippen LogP contribution in [0.5, 0.6) is 0 Å². The molecule has 0 bridgehead atoms. The van der Waals surface area contributed by atoms with E-state index >= 15 is 0 Å². The van der Waals surface area contributed by atoms with Gasteiger partial charge in [-0.05, 0) is 6.92 Å². The Bertz CT molecular complexity index is 246. The van der Waals surface area contributed by atoms with Crippen LogP contribution in [0.3, 0.4) is 0 Å². The molecule has 0 radical (unpaired) electrons. The van der Waals surface area contributed by atoms with E-state index in [2.05, 4.69) is 0 Å². The molecule has 0 aliphatic rings. The summed E-state index contributed by atoms with van der Waals surface area (Å²) in [6.45, 7) is 1.20. The summed E-state index contributed by atoms with van der Waals surface area (Å²) in [5.74, 6) is -5.01. The van der Waals surface area contributed by atoms with Crippen LogP contribution in [0.1, 0.15) is 6.92 Å². The van der Waals surface area contributed by atoms with Crippen molar-refractivity contribution < 1.29 is 74.6 Å². The molecule has 0 saturated heterocycles. The van der Waals surface area contributed by atoms with Crippen molar-refractivity contribution in [3.8, 4) is 0 Å². The molecule has 0 rings (SSSR count). The number of hydrogen-bond acceptors (Lipinski definition) is 7. The molecule has 0 spiro atoms. The SMILES string of the molecule is C[C@H](O)C(=O)O.O=C([O-])[C@H](O)[C@@H](O)C(=O)O.[Na+]. The van der Waals surface area contributed by atoms with Gasteiger partial charge in [0.05, 0.1) is 5.97 Å². The Balaban J connectivity index is -0.000000244. The largest absolute Gasteiger partial charge is 1.00 e. The van der Waals surface area contributed by atoms with Crippen LogP contribution in [0.15, 0.2) is 0 Å². The first kappa shape index (κ1) is 21.6. The standard InChI is InChI=1S/C4H6O6.C3H6O3.Na/c5-1(3(7)8)2(6)4(9)10;1-2(4)3(5)6;/h1-2,5-6H,(H,7,8)(H,9,10);2,4H,1H3,(H,5,6);/q;;+1/p-1/t1-,2-;2-;/m10./s1. The summed E-state index contributed by atoms with van der Waals surface area (Å²) in [4.78, 5) is 28.9. The Morgan fingerprint density at radius 1 is 0.941 bits per heavy atom. The molecule has 94 valence electrons. The van der Waals surface area contributed by atoms with E-state index in [0.717, 1.165) is 0 Å². The minimum absolute atomic E-state index is 0. The number of carbonyl (C=O) groups excluding carboxylic acids is 1. The Kier molecular flexibility index (Phi) is 13.2. The number of hydrogen-bond donors (Lipinski definition) is 5. The van der Waals surface area contributed by atoms with E-state index in [-0.39, 0.29) is 29.6 Å². The van der Waals surface area contributed by atoms with Crippen LogP contribution in [0.4, 0.5) is 0 Å². The number of aliphatic carboxylic acids is 3. The molecule has 3 atom stereocenters. The molecule has 0 aromatic heterocycles. The summed E-state index contributed by atoms with van der Waals surface area (Å²) in [5, 5.41) is 49.9. The smallest absolute Gasteiger partial charge is 0.547 e. The van der Waals surface area contributed by atoms with Gasteiger partial charge in [0.2, 0.25) is 0 Å². The predicted octanol–water partition coefficient (Wildman–Crippen LogP) is -7.00. The molecule has 0 unspecified atom stereocenters. The summed E-state index contributed by atoms with van der Waals surface area (Å²) in [6, 6.07) is 0. The fourth-order valence-corrected chi connectivity index (χ4v) is 0.264. The number of carboxylic acid groups (broad SMARTS) is 3. The first-order valence-corrected chi connectivity index (χ1v) is 3.82. The van der Waals surface area contributed by atoms with Crippen molar-refractivity contribution >= 4 is 17.9 Å². The Hall–Kier alpha value is -0.710. The number of aliphatic hydroxyl groups excluding tert-OH is 3. The van der Waals surface area contributed by atoms with Crippen molar-refractivity contribution in [1.29, 1.82) is 0 Å². The summed E-state index contributed by atoms with van der Waals surface area (Å²) < 4.78 is 0. The van der Waals surface area contributed by atoms with E-state index in [9.17, 15) is 19.5 Å². The van der Waals surface area contributed by atoms with E-state index in [1.54, 1.807) is 0 Å². The van der Waals surface area contributed by atoms with Crippen molar-refractivity contribution in [2.45, 2.75) is 25.2 Å². The molecule has 0 aromatic rings. The van der Waals surface area contributed by atoms with Crippen LogP contribution in [-0.2, 0) is 14.4 Å². The van der Waals surface area contributed by atoms with Crippen molar-refractivity contribution in [1.82, 2.24) is 0 Å². The van der Waals surface area contributed by atoms with Crippen LogP contribution in [-0.4, -0.2) is 61.8 Å². The normalized spacial score (nSPS) is 14.1. The number of aliphatic hydroxyl groups is 3. The van der Waals surface area contributed by atoms with Crippen molar-refractivity contribution in [3.63, 3.8) is 0 Å². The third kappa shape index (κ3) is 11.6. The first-order chi connectivity index (χ1) is 7.11. The zero-order valence-electron chi connectivity index (χ0n) is 9.10. The van der Waals surface area contributed by atoms with Crippen LogP contribution >= 0.6 is 0 Å². The van der Waals surface area contributed by atoms with E-state index in [0.29, 0.717) is 0 Å². The van der Waals surface area contributed by atoms with Gasteiger partial charge in [0.15, 0.2) is 6.10 Å². The zero-order valence-corrected chi connectivity index (χ0v) is 11.1. The van der Waals surface area contributed by atoms with E-state index in [4.69, 9.17) is 25.5 Å². The minimum Gasteiger partial charge on any atom is -0.547 e. The third-order valence-corrected chi connectivity index (χ3v) is 1.15. The average molecular weight is 262 g/mol. The molecular weight excluding hydrogens is 251 g/mol. The Morgan fingerprint density at radius 2 is 1.24 bits per heavy atom. The van der Waals surface area contributed by atoms with Gasteiger partial charge >= 0.3 is 41.5 Å². The number of carboxylic acids is 3. The average Bonchev–Trinajstić information content (AvgIpc) is 2.15. The maximum absolute atomic E-state index is 9.74. The van der Waals surface area contributed by atoms with Gasteiger partial charge in [-0.25, -0.2) is 9.59 Å². The number of carbonyl (C=O) groups is 3. The maximum atomic E-state index is 9.74. The second-order valence-corrected chi connectivity index (χ2v) is 2.56. The monoisotopic (exact) mass is 262 g/mol. The third-order valence-electron chi connectivity index (χ3n) is 1.15. The summed E-state index contributed by atoms with van der Waals surface area (Å²) in [7, 11) is 0. The molecule has 9 nitrogen and oxygen atoms in total. The molecule has 0 amide bonds. The molecule has 0 aliphatic carbocycles. The molecule has 10 heteroatoms. The molecule has 5 N–H and O–H groups in total. The molecule has 0 aromatic carbocycles. The summed E-state index contributed by atoms with van der Waals surface area (Å²) in [5.41, 5.74) is 0. The van der Waals surface area contributed by atoms with Crippen molar-refractivity contribution in [3.05, 3.63) is 0 Å². The van der Waals surface area contributed by atoms with Crippen LogP contribution < -0.4 is 34.7 Å². The van der Waals surface area contributed by atoms with Gasteiger partial charge in [-0.1, -0.05) is 0 Å². The van der Waals surface area contributed by atoms with Gasteiger partial charge in [0, 0.05) is 0 Å². The second kappa shape index (κ2) is 10.4. The predicted molar refractivity (Wildman–Crippen MR) is 44.0 cm³/mol. The Morgan fingerprint density at radius 3 is 1.29 bits per heavy atom. The minimum atomic E-state index is -2.38. The summed E-state index contributed by atoms with van der Waals surface area (Å²) >= 11 is 0. The molecule has 17 heavy (non-hydrogen) atoms. The van der Waals surface area contributed by atoms with Crippen LogP contribution in [0.2, 0.25) is 0 Å². The van der Waals surface area contributed by atoms with Gasteiger partial charge < -0.3 is 35.4 Å². The van der Waals surface area contributed by atoms with Gasteiger partial charge in [-0.15, -0.1) is 0 Å².